The van der Waals surface area contributed by atoms with Crippen LogP contribution in [0.1, 0.15) is 5.56 Å². The Balaban J connectivity index is 2.14. The van der Waals surface area contributed by atoms with Gasteiger partial charge >= 0.3 is 0 Å². The van der Waals surface area contributed by atoms with Crippen molar-refractivity contribution in [1.82, 2.24) is 0 Å². The van der Waals surface area contributed by atoms with Gasteiger partial charge in [0.2, 0.25) is 0 Å². The highest BCUT2D eigenvalue weighted by atomic mass is 79.9. The summed E-state index contributed by atoms with van der Waals surface area (Å²) >= 11 is 3.00. The molecule has 3 rings (SSSR count). The van der Waals surface area contributed by atoms with Gasteiger partial charge in [0.05, 0.1) is 5.69 Å². The fourth-order valence-electron chi connectivity index (χ4n) is 2.45. The van der Waals surface area contributed by atoms with Crippen molar-refractivity contribution in [3.63, 3.8) is 0 Å². The third-order valence-electron chi connectivity index (χ3n) is 3.43. The molecule has 8 heteroatoms. The number of sulfonamides is 1. The van der Waals surface area contributed by atoms with Gasteiger partial charge in [0, 0.05) is 22.6 Å². The van der Waals surface area contributed by atoms with Crippen LogP contribution in [0.2, 0.25) is 0 Å². The van der Waals surface area contributed by atoms with Gasteiger partial charge in [0.1, 0.15) is 22.3 Å². The fourth-order valence-corrected chi connectivity index (χ4v) is 4.95. The SMILES string of the molecule is O=S(=O)(c1ccc(F)cc1Br)N1CCc2c(F)cc(F)cc21. The summed E-state index contributed by atoms with van der Waals surface area (Å²) in [6.45, 7) is 0.00184. The Morgan fingerprint density at radius 2 is 1.77 bits per heavy atom. The Morgan fingerprint density at radius 3 is 2.45 bits per heavy atom. The Bertz CT molecular complexity index is 871. The van der Waals surface area contributed by atoms with Crippen LogP contribution < -0.4 is 4.31 Å². The third kappa shape index (κ3) is 2.40. The minimum Gasteiger partial charge on any atom is -0.265 e. The van der Waals surface area contributed by atoms with Crippen LogP contribution in [-0.4, -0.2) is 15.0 Å². The highest BCUT2D eigenvalue weighted by Crippen LogP contribution is 2.36. The van der Waals surface area contributed by atoms with Crippen LogP contribution >= 0.6 is 15.9 Å². The van der Waals surface area contributed by atoms with E-state index in [9.17, 15) is 21.6 Å². The first-order chi connectivity index (χ1) is 10.3. The maximum Gasteiger partial charge on any atom is 0.265 e. The smallest absolute Gasteiger partial charge is 0.265 e. The quantitative estimate of drug-likeness (QED) is 0.783. The molecule has 0 saturated carbocycles. The van der Waals surface area contributed by atoms with E-state index in [0.717, 1.165) is 34.6 Å². The molecule has 0 radical (unpaired) electrons. The normalized spacial score (nSPS) is 14.3. The van der Waals surface area contributed by atoms with E-state index in [1.807, 2.05) is 0 Å². The molecule has 0 atom stereocenters. The van der Waals surface area contributed by atoms with Crippen LogP contribution in [0.5, 0.6) is 0 Å². The fraction of sp³-hybridized carbons (Fsp3) is 0.143. The number of hydrogen-bond donors (Lipinski definition) is 0. The molecule has 1 heterocycles. The van der Waals surface area contributed by atoms with E-state index < -0.39 is 27.5 Å². The van der Waals surface area contributed by atoms with E-state index in [2.05, 4.69) is 15.9 Å². The molecule has 0 aromatic heterocycles. The van der Waals surface area contributed by atoms with Crippen LogP contribution in [0, 0.1) is 17.5 Å². The molecule has 3 nitrogen and oxygen atoms in total. The van der Waals surface area contributed by atoms with Gasteiger partial charge < -0.3 is 0 Å². The lowest BCUT2D eigenvalue weighted by molar-refractivity contribution is 0.577. The van der Waals surface area contributed by atoms with Gasteiger partial charge in [0.15, 0.2) is 0 Å². The number of hydrogen-bond acceptors (Lipinski definition) is 2. The van der Waals surface area contributed by atoms with Gasteiger partial charge in [0.25, 0.3) is 10.0 Å². The van der Waals surface area contributed by atoms with E-state index in [0.29, 0.717) is 0 Å². The first-order valence-electron chi connectivity index (χ1n) is 6.26. The van der Waals surface area contributed by atoms with Gasteiger partial charge in [-0.3, -0.25) is 4.31 Å². The zero-order chi connectivity index (χ0) is 16.1. The van der Waals surface area contributed by atoms with E-state index in [-0.39, 0.29) is 33.6 Å². The van der Waals surface area contributed by atoms with Crippen molar-refractivity contribution >= 4 is 31.6 Å². The van der Waals surface area contributed by atoms with Crippen molar-refractivity contribution in [1.29, 1.82) is 0 Å². The summed E-state index contributed by atoms with van der Waals surface area (Å²) in [7, 11) is -4.05. The second kappa shape index (κ2) is 5.27. The van der Waals surface area contributed by atoms with Crippen molar-refractivity contribution in [2.24, 2.45) is 0 Å². The lowest BCUT2D eigenvalue weighted by Crippen LogP contribution is -2.29. The molecule has 1 aliphatic rings. The summed E-state index contributed by atoms with van der Waals surface area (Å²) in [6.07, 6.45) is 0.152. The summed E-state index contributed by atoms with van der Waals surface area (Å²) in [6, 6.07) is 4.86. The predicted molar refractivity (Wildman–Crippen MR) is 78.7 cm³/mol. The average molecular weight is 392 g/mol. The Morgan fingerprint density at radius 1 is 1.05 bits per heavy atom. The highest BCUT2D eigenvalue weighted by Gasteiger charge is 2.34. The topological polar surface area (TPSA) is 37.4 Å². The molecular weight excluding hydrogens is 383 g/mol. The van der Waals surface area contributed by atoms with Gasteiger partial charge in [-0.1, -0.05) is 0 Å². The molecule has 0 amide bonds. The van der Waals surface area contributed by atoms with Crippen molar-refractivity contribution in [3.8, 4) is 0 Å². The zero-order valence-corrected chi connectivity index (χ0v) is 13.4. The van der Waals surface area contributed by atoms with Crippen LogP contribution in [0.3, 0.4) is 0 Å². The summed E-state index contributed by atoms with van der Waals surface area (Å²) in [5.41, 5.74) is 0.136. The molecule has 0 N–H and O–H groups in total. The molecule has 0 saturated heterocycles. The number of nitrogens with zero attached hydrogens (tertiary/aromatic N) is 1. The molecule has 2 aromatic carbocycles. The van der Waals surface area contributed by atoms with Crippen molar-refractivity contribution in [3.05, 3.63) is 57.8 Å². The maximum absolute atomic E-state index is 13.7. The van der Waals surface area contributed by atoms with Crippen LogP contribution in [-0.2, 0) is 16.4 Å². The first-order valence-corrected chi connectivity index (χ1v) is 8.50. The minimum atomic E-state index is -4.05. The van der Waals surface area contributed by atoms with E-state index >= 15 is 0 Å². The summed E-state index contributed by atoms with van der Waals surface area (Å²) < 4.78 is 66.6. The lowest BCUT2D eigenvalue weighted by Gasteiger charge is -2.20. The number of fused-ring (bicyclic) bond motifs is 1. The molecular formula is C14H9BrF3NO2S. The van der Waals surface area contributed by atoms with E-state index in [1.165, 1.54) is 0 Å². The van der Waals surface area contributed by atoms with Gasteiger partial charge in [-0.25, -0.2) is 21.6 Å². The van der Waals surface area contributed by atoms with Crippen molar-refractivity contribution < 1.29 is 21.6 Å². The molecule has 116 valence electrons. The third-order valence-corrected chi connectivity index (χ3v) is 6.22. The molecule has 22 heavy (non-hydrogen) atoms. The second-order valence-corrected chi connectivity index (χ2v) is 7.47. The maximum atomic E-state index is 13.7. The first kappa shape index (κ1) is 15.4. The van der Waals surface area contributed by atoms with Gasteiger partial charge in [-0.2, -0.15) is 0 Å². The Labute approximate surface area is 133 Å². The average Bonchev–Trinajstić information content (AvgIpc) is 2.82. The number of anilines is 1. The zero-order valence-electron chi connectivity index (χ0n) is 11.0. The van der Waals surface area contributed by atoms with E-state index in [1.54, 1.807) is 0 Å². The summed E-state index contributed by atoms with van der Waals surface area (Å²) in [4.78, 5) is -0.161. The van der Waals surface area contributed by atoms with Crippen molar-refractivity contribution in [2.45, 2.75) is 11.3 Å². The van der Waals surface area contributed by atoms with Crippen molar-refractivity contribution in [2.75, 3.05) is 10.8 Å². The van der Waals surface area contributed by atoms with Crippen LogP contribution in [0.15, 0.2) is 39.7 Å². The molecule has 0 aliphatic carbocycles. The van der Waals surface area contributed by atoms with Crippen LogP contribution in [0.4, 0.5) is 18.9 Å². The molecule has 0 fully saturated rings. The lowest BCUT2D eigenvalue weighted by atomic mass is 10.1. The molecule has 0 bridgehead atoms. The Hall–Kier alpha value is -1.54. The molecule has 1 aliphatic heterocycles. The monoisotopic (exact) mass is 391 g/mol. The number of rotatable bonds is 2. The molecule has 2 aromatic rings. The predicted octanol–water partition coefficient (Wildman–Crippen LogP) is 3.62. The van der Waals surface area contributed by atoms with Gasteiger partial charge in [-0.05, 0) is 46.6 Å². The minimum absolute atomic E-state index is 0.00184. The summed E-state index contributed by atoms with van der Waals surface area (Å²) in [5.74, 6) is -2.22. The Kier molecular flexibility index (Phi) is 3.68. The number of halogens is 4. The van der Waals surface area contributed by atoms with E-state index in [4.69, 9.17) is 0 Å². The highest BCUT2D eigenvalue weighted by molar-refractivity contribution is 9.10. The standard InChI is InChI=1S/C14H9BrF3NO2S/c15-11-5-8(16)1-2-14(11)22(20,21)19-4-3-10-12(18)6-9(17)7-13(10)19/h1-2,5-7H,3-4H2. The number of benzene rings is 2. The molecule has 0 unspecified atom stereocenters. The largest absolute Gasteiger partial charge is 0.265 e. The van der Waals surface area contributed by atoms with Crippen LogP contribution in [0.25, 0.3) is 0 Å². The molecule has 0 spiro atoms. The summed E-state index contributed by atoms with van der Waals surface area (Å²) in [5, 5.41) is 0. The van der Waals surface area contributed by atoms with Gasteiger partial charge in [-0.15, -0.1) is 0 Å². The second-order valence-electron chi connectivity index (χ2n) is 4.79.